The number of aromatic nitrogens is 2. The lowest BCUT2D eigenvalue weighted by Gasteiger charge is -2.03. The number of allylic oxidation sites excluding steroid dienone is 1. The van der Waals surface area contributed by atoms with E-state index in [1.165, 1.54) is 16.7 Å². The van der Waals surface area contributed by atoms with Crippen LogP contribution in [0.15, 0.2) is 29.2 Å². The predicted molar refractivity (Wildman–Crippen MR) is 67.6 cm³/mol. The smallest absolute Gasteiger partial charge is 0.262 e. The van der Waals surface area contributed by atoms with E-state index in [9.17, 15) is 14.9 Å². The summed E-state index contributed by atoms with van der Waals surface area (Å²) in [6.45, 7) is 3.58. The van der Waals surface area contributed by atoms with Crippen LogP contribution in [0.5, 0.6) is 0 Å². The molecule has 0 spiro atoms. The number of nitro groups is 1. The fourth-order valence-corrected chi connectivity index (χ4v) is 1.69. The molecule has 0 N–H and O–H groups in total. The van der Waals surface area contributed by atoms with Gasteiger partial charge in [0.05, 0.1) is 4.92 Å². The van der Waals surface area contributed by atoms with Crippen molar-refractivity contribution in [3.8, 4) is 0 Å². The zero-order valence-corrected chi connectivity index (χ0v) is 9.95. The Morgan fingerprint density at radius 3 is 2.83 bits per heavy atom. The SMILES string of the molecule is C/C=C/c1nc2cc(C)ccn2c(=O)c1[N+](=O)[O-]. The molecule has 0 aliphatic rings. The van der Waals surface area contributed by atoms with E-state index in [-0.39, 0.29) is 5.69 Å². The zero-order chi connectivity index (χ0) is 13.3. The van der Waals surface area contributed by atoms with E-state index in [0.717, 1.165) is 5.56 Å². The minimum Gasteiger partial charge on any atom is -0.262 e. The quantitative estimate of drug-likeness (QED) is 0.598. The minimum atomic E-state index is -0.697. The second kappa shape index (κ2) is 4.40. The third-order valence-electron chi connectivity index (χ3n) is 2.50. The molecule has 0 unspecified atom stereocenters. The van der Waals surface area contributed by atoms with Crippen molar-refractivity contribution >= 4 is 17.4 Å². The van der Waals surface area contributed by atoms with Gasteiger partial charge in [0.1, 0.15) is 11.3 Å². The second-order valence-corrected chi connectivity index (χ2v) is 3.84. The van der Waals surface area contributed by atoms with E-state index in [1.54, 1.807) is 25.1 Å². The van der Waals surface area contributed by atoms with Gasteiger partial charge in [-0.15, -0.1) is 0 Å². The third kappa shape index (κ3) is 1.88. The van der Waals surface area contributed by atoms with Crippen LogP contribution in [0.3, 0.4) is 0 Å². The van der Waals surface area contributed by atoms with Crippen LogP contribution in [0.1, 0.15) is 18.2 Å². The normalized spacial score (nSPS) is 11.2. The van der Waals surface area contributed by atoms with Gasteiger partial charge in [-0.05, 0) is 37.6 Å². The van der Waals surface area contributed by atoms with Crippen LogP contribution < -0.4 is 5.56 Å². The molecule has 6 nitrogen and oxygen atoms in total. The van der Waals surface area contributed by atoms with E-state index in [4.69, 9.17) is 0 Å². The summed E-state index contributed by atoms with van der Waals surface area (Å²) in [6, 6.07) is 3.41. The minimum absolute atomic E-state index is 0.0816. The van der Waals surface area contributed by atoms with E-state index < -0.39 is 16.2 Å². The van der Waals surface area contributed by atoms with Crippen LogP contribution in [-0.2, 0) is 0 Å². The Hall–Kier alpha value is -2.50. The molecule has 0 amide bonds. The van der Waals surface area contributed by atoms with Gasteiger partial charge in [-0.1, -0.05) is 6.08 Å². The third-order valence-corrected chi connectivity index (χ3v) is 2.50. The maximum Gasteiger partial charge on any atom is 0.359 e. The summed E-state index contributed by atoms with van der Waals surface area (Å²) in [5.41, 5.74) is 0.242. The van der Waals surface area contributed by atoms with Crippen molar-refractivity contribution in [2.75, 3.05) is 0 Å². The van der Waals surface area contributed by atoms with Crippen LogP contribution in [0.4, 0.5) is 5.69 Å². The molecule has 2 aromatic rings. The maximum absolute atomic E-state index is 12.0. The molecule has 2 rings (SSSR count). The highest BCUT2D eigenvalue weighted by atomic mass is 16.6. The van der Waals surface area contributed by atoms with Gasteiger partial charge in [0.2, 0.25) is 0 Å². The molecule has 18 heavy (non-hydrogen) atoms. The average Bonchev–Trinajstić information content (AvgIpc) is 2.28. The Kier molecular flexibility index (Phi) is 2.93. The number of pyridine rings is 1. The number of fused-ring (bicyclic) bond motifs is 1. The standard InChI is InChI=1S/C12H11N3O3/c1-3-4-9-11(15(17)18)12(16)14-6-5-8(2)7-10(14)13-9/h3-7H,1-2H3/b4-3+. The van der Waals surface area contributed by atoms with Gasteiger partial charge in [-0.3, -0.25) is 19.3 Å². The molecule has 0 atom stereocenters. The molecule has 0 saturated carbocycles. The Labute approximate surface area is 102 Å². The summed E-state index contributed by atoms with van der Waals surface area (Å²) >= 11 is 0. The largest absolute Gasteiger partial charge is 0.359 e. The summed E-state index contributed by atoms with van der Waals surface area (Å²) in [6.07, 6.45) is 4.56. The monoisotopic (exact) mass is 245 g/mol. The van der Waals surface area contributed by atoms with Gasteiger partial charge < -0.3 is 0 Å². The van der Waals surface area contributed by atoms with Crippen molar-refractivity contribution in [1.82, 2.24) is 9.38 Å². The van der Waals surface area contributed by atoms with E-state index >= 15 is 0 Å². The molecule has 6 heteroatoms. The lowest BCUT2D eigenvalue weighted by Crippen LogP contribution is -2.20. The van der Waals surface area contributed by atoms with Crippen molar-refractivity contribution in [2.45, 2.75) is 13.8 Å². The highest BCUT2D eigenvalue weighted by molar-refractivity contribution is 5.59. The topological polar surface area (TPSA) is 77.5 Å². The first-order valence-electron chi connectivity index (χ1n) is 5.34. The van der Waals surface area contributed by atoms with Gasteiger partial charge in [0, 0.05) is 6.20 Å². The van der Waals surface area contributed by atoms with E-state index in [1.807, 2.05) is 6.92 Å². The predicted octanol–water partition coefficient (Wildman–Crippen LogP) is 1.94. The van der Waals surface area contributed by atoms with Crippen molar-refractivity contribution in [1.29, 1.82) is 0 Å². The average molecular weight is 245 g/mol. The molecule has 0 radical (unpaired) electrons. The maximum atomic E-state index is 12.0. The van der Waals surface area contributed by atoms with Crippen molar-refractivity contribution in [2.24, 2.45) is 0 Å². The number of aryl methyl sites for hydroxylation is 1. The fraction of sp³-hybridized carbons (Fsp3) is 0.167. The molecule has 2 heterocycles. The molecule has 2 aromatic heterocycles. The summed E-state index contributed by atoms with van der Waals surface area (Å²) in [4.78, 5) is 26.4. The summed E-state index contributed by atoms with van der Waals surface area (Å²) in [5.74, 6) is 0. The molecule has 0 aliphatic heterocycles. The number of rotatable bonds is 2. The van der Waals surface area contributed by atoms with Gasteiger partial charge in [0.25, 0.3) is 0 Å². The lowest BCUT2D eigenvalue weighted by molar-refractivity contribution is -0.386. The van der Waals surface area contributed by atoms with Gasteiger partial charge in [-0.25, -0.2) is 4.98 Å². The molecular formula is C12H11N3O3. The number of nitrogens with zero attached hydrogens (tertiary/aromatic N) is 3. The highest BCUT2D eigenvalue weighted by Crippen LogP contribution is 2.14. The van der Waals surface area contributed by atoms with Crippen molar-refractivity contribution in [3.05, 3.63) is 56.1 Å². The molecule has 0 saturated heterocycles. The van der Waals surface area contributed by atoms with Crippen LogP contribution in [0.2, 0.25) is 0 Å². The fourth-order valence-electron chi connectivity index (χ4n) is 1.69. The second-order valence-electron chi connectivity index (χ2n) is 3.84. The molecular weight excluding hydrogens is 234 g/mol. The number of hydrogen-bond acceptors (Lipinski definition) is 4. The summed E-state index contributed by atoms with van der Waals surface area (Å²) < 4.78 is 1.18. The highest BCUT2D eigenvalue weighted by Gasteiger charge is 2.21. The van der Waals surface area contributed by atoms with E-state index in [0.29, 0.717) is 5.65 Å². The van der Waals surface area contributed by atoms with E-state index in [2.05, 4.69) is 4.98 Å². The van der Waals surface area contributed by atoms with Crippen molar-refractivity contribution < 1.29 is 4.92 Å². The van der Waals surface area contributed by atoms with Crippen molar-refractivity contribution in [3.63, 3.8) is 0 Å². The first-order chi connectivity index (χ1) is 8.54. The Balaban J connectivity index is 2.94. The van der Waals surface area contributed by atoms with Crippen LogP contribution in [0, 0.1) is 17.0 Å². The molecule has 0 aliphatic carbocycles. The molecule has 0 fully saturated rings. The van der Waals surface area contributed by atoms with Gasteiger partial charge in [-0.2, -0.15) is 0 Å². The first kappa shape index (κ1) is 12.0. The zero-order valence-electron chi connectivity index (χ0n) is 9.95. The van der Waals surface area contributed by atoms with Crippen LogP contribution in [-0.4, -0.2) is 14.3 Å². The Bertz CT molecular complexity index is 716. The van der Waals surface area contributed by atoms with Crippen LogP contribution in [0.25, 0.3) is 11.7 Å². The Morgan fingerprint density at radius 2 is 2.22 bits per heavy atom. The molecule has 0 aromatic carbocycles. The Morgan fingerprint density at radius 1 is 1.50 bits per heavy atom. The lowest BCUT2D eigenvalue weighted by atomic mass is 10.2. The first-order valence-corrected chi connectivity index (χ1v) is 5.34. The molecule has 0 bridgehead atoms. The number of hydrogen-bond donors (Lipinski definition) is 0. The summed E-state index contributed by atoms with van der Waals surface area (Å²) in [7, 11) is 0. The van der Waals surface area contributed by atoms with Crippen LogP contribution >= 0.6 is 0 Å². The molecule has 92 valence electrons. The van der Waals surface area contributed by atoms with Gasteiger partial charge >= 0.3 is 11.2 Å². The summed E-state index contributed by atoms with van der Waals surface area (Å²) in [5, 5.41) is 10.9. The van der Waals surface area contributed by atoms with Gasteiger partial charge in [0.15, 0.2) is 0 Å².